The Morgan fingerprint density at radius 3 is 2.61 bits per heavy atom. The van der Waals surface area contributed by atoms with Crippen molar-refractivity contribution in [2.45, 2.75) is 39.7 Å². The maximum Gasteiger partial charge on any atom is 0.244 e. The van der Waals surface area contributed by atoms with Gasteiger partial charge in [-0.15, -0.1) is 0 Å². The van der Waals surface area contributed by atoms with Gasteiger partial charge in [-0.2, -0.15) is 0 Å². The highest BCUT2D eigenvalue weighted by Gasteiger charge is 2.23. The van der Waals surface area contributed by atoms with Crippen molar-refractivity contribution >= 4 is 11.6 Å². The zero-order valence-corrected chi connectivity index (χ0v) is 11.5. The van der Waals surface area contributed by atoms with Crippen molar-refractivity contribution in [2.24, 2.45) is 0 Å². The molecule has 0 aliphatic carbocycles. The van der Waals surface area contributed by atoms with Gasteiger partial charge in [-0.1, -0.05) is 12.1 Å². The number of carbonyl (C=O) groups is 1. The van der Waals surface area contributed by atoms with Gasteiger partial charge in [0.2, 0.25) is 5.91 Å². The Morgan fingerprint density at radius 2 is 1.94 bits per heavy atom. The molecule has 1 aliphatic heterocycles. The van der Waals surface area contributed by atoms with Crippen LogP contribution in [0.4, 0.5) is 5.69 Å². The van der Waals surface area contributed by atoms with Crippen LogP contribution in [0.1, 0.15) is 30.9 Å². The monoisotopic (exact) mass is 246 g/mol. The number of rotatable bonds is 3. The first kappa shape index (κ1) is 12.9. The SMILES string of the molecule is Cc1cccc(NC(C)C(=O)N2CCCC2)c1C. The summed E-state index contributed by atoms with van der Waals surface area (Å²) in [4.78, 5) is 14.2. The normalized spacial score (nSPS) is 16.7. The van der Waals surface area contributed by atoms with Gasteiger partial charge < -0.3 is 10.2 Å². The quantitative estimate of drug-likeness (QED) is 0.889. The molecule has 0 aromatic heterocycles. The van der Waals surface area contributed by atoms with Crippen molar-refractivity contribution in [3.63, 3.8) is 0 Å². The van der Waals surface area contributed by atoms with Gasteiger partial charge in [0.15, 0.2) is 0 Å². The third kappa shape index (κ3) is 2.66. The van der Waals surface area contributed by atoms with E-state index < -0.39 is 0 Å². The van der Waals surface area contributed by atoms with Crippen LogP contribution in [0.3, 0.4) is 0 Å². The average Bonchev–Trinajstić information content (AvgIpc) is 2.87. The molecule has 1 saturated heterocycles. The predicted molar refractivity (Wildman–Crippen MR) is 74.8 cm³/mol. The Balaban J connectivity index is 2.04. The standard InChI is InChI=1S/C15H22N2O/c1-11-7-6-8-14(12(11)2)16-13(3)15(18)17-9-4-5-10-17/h6-8,13,16H,4-5,9-10H2,1-3H3. The fourth-order valence-corrected chi connectivity index (χ4v) is 2.41. The molecule has 1 N–H and O–H groups in total. The molecule has 18 heavy (non-hydrogen) atoms. The minimum atomic E-state index is -0.149. The first-order chi connectivity index (χ1) is 8.59. The van der Waals surface area contributed by atoms with Crippen LogP contribution in [0, 0.1) is 13.8 Å². The van der Waals surface area contributed by atoms with E-state index in [1.807, 2.05) is 24.0 Å². The van der Waals surface area contributed by atoms with Crippen LogP contribution in [-0.4, -0.2) is 29.9 Å². The molecular formula is C15H22N2O. The van der Waals surface area contributed by atoms with Gasteiger partial charge in [0.25, 0.3) is 0 Å². The molecule has 3 nitrogen and oxygen atoms in total. The molecule has 1 amide bonds. The first-order valence-corrected chi connectivity index (χ1v) is 6.71. The molecule has 3 heteroatoms. The number of amides is 1. The summed E-state index contributed by atoms with van der Waals surface area (Å²) in [6.45, 7) is 7.95. The second kappa shape index (κ2) is 5.42. The van der Waals surface area contributed by atoms with Crippen LogP contribution in [-0.2, 0) is 4.79 Å². The molecule has 1 fully saturated rings. The van der Waals surface area contributed by atoms with Crippen LogP contribution in [0.15, 0.2) is 18.2 Å². The van der Waals surface area contributed by atoms with E-state index in [9.17, 15) is 4.79 Å². The number of benzene rings is 1. The summed E-state index contributed by atoms with van der Waals surface area (Å²) < 4.78 is 0. The number of nitrogens with one attached hydrogen (secondary N) is 1. The largest absolute Gasteiger partial charge is 0.374 e. The van der Waals surface area contributed by atoms with Gasteiger partial charge in [-0.25, -0.2) is 0 Å². The smallest absolute Gasteiger partial charge is 0.244 e. The lowest BCUT2D eigenvalue weighted by molar-refractivity contribution is -0.130. The summed E-state index contributed by atoms with van der Waals surface area (Å²) in [7, 11) is 0. The minimum absolute atomic E-state index is 0.149. The van der Waals surface area contributed by atoms with E-state index in [2.05, 4.69) is 25.2 Å². The van der Waals surface area contributed by atoms with E-state index in [1.165, 1.54) is 11.1 Å². The number of likely N-dealkylation sites (tertiary alicyclic amines) is 1. The van der Waals surface area contributed by atoms with Crippen LogP contribution in [0.2, 0.25) is 0 Å². The highest BCUT2D eigenvalue weighted by atomic mass is 16.2. The lowest BCUT2D eigenvalue weighted by Gasteiger charge is -2.23. The summed E-state index contributed by atoms with van der Waals surface area (Å²) in [5, 5.41) is 3.34. The second-order valence-electron chi connectivity index (χ2n) is 5.15. The van der Waals surface area contributed by atoms with Gasteiger partial charge in [0.05, 0.1) is 0 Å². The summed E-state index contributed by atoms with van der Waals surface area (Å²) in [6, 6.07) is 6.00. The molecule has 1 aliphatic rings. The van der Waals surface area contributed by atoms with Crippen LogP contribution in [0.5, 0.6) is 0 Å². The minimum Gasteiger partial charge on any atom is -0.374 e. The van der Waals surface area contributed by atoms with E-state index in [4.69, 9.17) is 0 Å². The summed E-state index contributed by atoms with van der Waals surface area (Å²) in [5.41, 5.74) is 3.54. The third-order valence-electron chi connectivity index (χ3n) is 3.76. The first-order valence-electron chi connectivity index (χ1n) is 6.71. The molecule has 0 radical (unpaired) electrons. The maximum atomic E-state index is 12.2. The van der Waals surface area contributed by atoms with E-state index in [0.717, 1.165) is 31.6 Å². The molecule has 0 saturated carbocycles. The lowest BCUT2D eigenvalue weighted by atomic mass is 10.1. The molecule has 0 bridgehead atoms. The Morgan fingerprint density at radius 1 is 1.28 bits per heavy atom. The second-order valence-corrected chi connectivity index (χ2v) is 5.15. The van der Waals surface area contributed by atoms with Crippen molar-refractivity contribution in [1.82, 2.24) is 4.90 Å². The van der Waals surface area contributed by atoms with Gasteiger partial charge in [-0.05, 0) is 50.8 Å². The Bertz CT molecular complexity index is 436. The Kier molecular flexibility index (Phi) is 3.90. The number of hydrogen-bond donors (Lipinski definition) is 1. The molecule has 1 atom stereocenters. The maximum absolute atomic E-state index is 12.2. The molecule has 1 heterocycles. The van der Waals surface area contributed by atoms with Crippen molar-refractivity contribution in [1.29, 1.82) is 0 Å². The van der Waals surface area contributed by atoms with Gasteiger partial charge in [-0.3, -0.25) is 4.79 Å². The topological polar surface area (TPSA) is 32.3 Å². The average molecular weight is 246 g/mol. The Labute approximate surface area is 109 Å². The fourth-order valence-electron chi connectivity index (χ4n) is 2.41. The zero-order chi connectivity index (χ0) is 13.1. The van der Waals surface area contributed by atoms with Gasteiger partial charge in [0.1, 0.15) is 6.04 Å². The fraction of sp³-hybridized carbons (Fsp3) is 0.533. The van der Waals surface area contributed by atoms with Crippen LogP contribution in [0.25, 0.3) is 0 Å². The van der Waals surface area contributed by atoms with Crippen molar-refractivity contribution in [3.05, 3.63) is 29.3 Å². The van der Waals surface area contributed by atoms with Gasteiger partial charge in [0, 0.05) is 18.8 Å². The van der Waals surface area contributed by atoms with E-state index >= 15 is 0 Å². The molecule has 98 valence electrons. The van der Waals surface area contributed by atoms with E-state index in [1.54, 1.807) is 0 Å². The number of aryl methyl sites for hydroxylation is 1. The predicted octanol–water partition coefficient (Wildman–Crippen LogP) is 2.73. The molecule has 1 aromatic rings. The summed E-state index contributed by atoms with van der Waals surface area (Å²) in [6.07, 6.45) is 2.28. The van der Waals surface area contributed by atoms with E-state index in [-0.39, 0.29) is 11.9 Å². The molecule has 0 spiro atoms. The van der Waals surface area contributed by atoms with Gasteiger partial charge >= 0.3 is 0 Å². The van der Waals surface area contributed by atoms with Crippen molar-refractivity contribution in [3.8, 4) is 0 Å². The summed E-state index contributed by atoms with van der Waals surface area (Å²) in [5.74, 6) is 0.216. The molecule has 1 unspecified atom stereocenters. The number of carbonyl (C=O) groups excluding carboxylic acids is 1. The Hall–Kier alpha value is -1.51. The molecular weight excluding hydrogens is 224 g/mol. The van der Waals surface area contributed by atoms with Crippen LogP contribution < -0.4 is 5.32 Å². The third-order valence-corrected chi connectivity index (χ3v) is 3.76. The highest BCUT2D eigenvalue weighted by Crippen LogP contribution is 2.19. The lowest BCUT2D eigenvalue weighted by Crippen LogP contribution is -2.39. The number of nitrogens with zero attached hydrogens (tertiary/aromatic N) is 1. The van der Waals surface area contributed by atoms with Crippen molar-refractivity contribution < 1.29 is 4.79 Å². The van der Waals surface area contributed by atoms with Crippen LogP contribution >= 0.6 is 0 Å². The number of hydrogen-bond acceptors (Lipinski definition) is 2. The molecule has 1 aromatic carbocycles. The van der Waals surface area contributed by atoms with Crippen molar-refractivity contribution in [2.75, 3.05) is 18.4 Å². The zero-order valence-electron chi connectivity index (χ0n) is 11.5. The number of anilines is 1. The van der Waals surface area contributed by atoms with E-state index in [0.29, 0.717) is 0 Å². The molecule has 2 rings (SSSR count). The highest BCUT2D eigenvalue weighted by molar-refractivity contribution is 5.84. The summed E-state index contributed by atoms with van der Waals surface area (Å²) >= 11 is 0.